The van der Waals surface area contributed by atoms with Gasteiger partial charge in [0.1, 0.15) is 36.5 Å². The fraction of sp³-hybridized carbons (Fsp3) is 0.385. The molecule has 2 heterocycles. The highest BCUT2D eigenvalue weighted by molar-refractivity contribution is 6.05. The van der Waals surface area contributed by atoms with Gasteiger partial charge in [0.05, 0.1) is 13.1 Å². The van der Waals surface area contributed by atoms with Crippen LogP contribution in [0.15, 0.2) is 121 Å². The number of carbonyl (C=O) groups excluding carboxylic acids is 8. The average molecular weight is 981 g/mol. The molecule has 4 atom stereocenters. The number of aliphatic hydroxyl groups excluding tert-OH is 1. The van der Waals surface area contributed by atoms with Gasteiger partial charge in [0.2, 0.25) is 0 Å². The summed E-state index contributed by atoms with van der Waals surface area (Å²) in [5.41, 5.74) is 1.52. The van der Waals surface area contributed by atoms with Crippen LogP contribution < -0.4 is 21.3 Å². The Labute approximate surface area is 413 Å². The number of amides is 8. The summed E-state index contributed by atoms with van der Waals surface area (Å²) in [6, 6.07) is 30.2. The Hall–Kier alpha value is -7.80. The van der Waals surface area contributed by atoms with Gasteiger partial charge in [-0.25, -0.2) is 38.6 Å². The molecule has 0 aliphatic carbocycles. The number of rotatable bonds is 14. The molecule has 5 N–H and O–H groups in total. The lowest BCUT2D eigenvalue weighted by Gasteiger charge is -2.27. The van der Waals surface area contributed by atoms with Crippen LogP contribution in [-0.2, 0) is 64.2 Å². The second-order valence-corrected chi connectivity index (χ2v) is 18.1. The summed E-state index contributed by atoms with van der Waals surface area (Å²) in [7, 11) is 0. The van der Waals surface area contributed by atoms with E-state index in [9.17, 15) is 38.4 Å². The molecule has 380 valence electrons. The zero-order valence-electron chi connectivity index (χ0n) is 41.0. The minimum absolute atomic E-state index is 0.00992. The number of urea groups is 2. The first-order valence-electron chi connectivity index (χ1n) is 23.0. The maximum absolute atomic E-state index is 13.4. The fourth-order valence-corrected chi connectivity index (χ4v) is 6.87. The molecule has 0 bridgehead atoms. The summed E-state index contributed by atoms with van der Waals surface area (Å²) in [6.45, 7) is 12.0. The van der Waals surface area contributed by atoms with Gasteiger partial charge in [-0.1, -0.05) is 121 Å². The summed E-state index contributed by atoms with van der Waals surface area (Å²) < 4.78 is 21.3. The predicted molar refractivity (Wildman–Crippen MR) is 260 cm³/mol. The Balaban J connectivity index is 0.000000292. The standard InChI is InChI=1S/2C25H29N3O6.C2H6O/c2*1-25(2,3)34-24(32)27-19(14-17-10-6-4-7-11-17)21(29)28-20(15-26-23(28)31)22(30)33-16-18-12-8-5-9-13-18;1-2-3/h2*4-13,19-20H,14-16H2,1-3H3,(H,26,31)(H,27,32);3H,2H2,1H3/t2*19-,20+;/m00./s1. The van der Waals surface area contributed by atoms with Gasteiger partial charge in [0, 0.05) is 19.4 Å². The first-order chi connectivity index (χ1) is 33.7. The summed E-state index contributed by atoms with van der Waals surface area (Å²) >= 11 is 0. The highest BCUT2D eigenvalue weighted by Gasteiger charge is 2.46. The van der Waals surface area contributed by atoms with Gasteiger partial charge in [-0.2, -0.15) is 0 Å². The molecule has 2 aliphatic rings. The van der Waals surface area contributed by atoms with Crippen LogP contribution in [0.2, 0.25) is 0 Å². The van der Waals surface area contributed by atoms with Crippen molar-refractivity contribution < 1.29 is 62.4 Å². The molecule has 0 saturated carbocycles. The van der Waals surface area contributed by atoms with Crippen LogP contribution in [0.5, 0.6) is 0 Å². The lowest BCUT2D eigenvalue weighted by Crippen LogP contribution is -2.55. The first-order valence-corrected chi connectivity index (χ1v) is 23.0. The van der Waals surface area contributed by atoms with Crippen LogP contribution in [0.25, 0.3) is 0 Å². The molecular weight excluding hydrogens is 917 g/mol. The van der Waals surface area contributed by atoms with Crippen molar-refractivity contribution in [3.05, 3.63) is 144 Å². The van der Waals surface area contributed by atoms with E-state index in [4.69, 9.17) is 24.1 Å². The summed E-state index contributed by atoms with van der Waals surface area (Å²) in [5.74, 6) is -2.89. The molecule has 0 aromatic heterocycles. The molecule has 71 heavy (non-hydrogen) atoms. The number of hydrogen-bond donors (Lipinski definition) is 5. The van der Waals surface area contributed by atoms with Crippen LogP contribution >= 0.6 is 0 Å². The SMILES string of the molecule is CC(C)(C)OC(=O)N[C@@H](Cc1ccccc1)C(=O)N1C(=O)NC[C@@H]1C(=O)OCc1ccccc1.CC(C)(C)OC(=O)N[C@@H](Cc1ccccc1)C(=O)N1C(=O)NC[C@@H]1C(=O)OCc1ccccc1.CCO. The topological polar surface area (TPSA) is 248 Å². The predicted octanol–water partition coefficient (Wildman–Crippen LogP) is 5.57. The van der Waals surface area contributed by atoms with E-state index in [0.29, 0.717) is 0 Å². The van der Waals surface area contributed by atoms with E-state index in [-0.39, 0.29) is 45.8 Å². The zero-order valence-corrected chi connectivity index (χ0v) is 41.0. The zero-order chi connectivity index (χ0) is 52.1. The quantitative estimate of drug-likeness (QED) is 0.0767. The van der Waals surface area contributed by atoms with Crippen LogP contribution in [0.3, 0.4) is 0 Å². The number of esters is 2. The lowest BCUT2D eigenvalue weighted by atomic mass is 10.0. The fourth-order valence-electron chi connectivity index (χ4n) is 6.87. The number of aliphatic hydroxyl groups is 1. The van der Waals surface area contributed by atoms with Crippen molar-refractivity contribution in [2.24, 2.45) is 0 Å². The molecule has 4 aromatic carbocycles. The van der Waals surface area contributed by atoms with Gasteiger partial charge < -0.3 is 45.3 Å². The van der Waals surface area contributed by atoms with Crippen LogP contribution in [-0.4, -0.2) is 118 Å². The average Bonchev–Trinajstić information content (AvgIpc) is 3.91. The monoisotopic (exact) mass is 980 g/mol. The Morgan fingerprint density at radius 1 is 0.549 bits per heavy atom. The molecule has 6 rings (SSSR count). The first kappa shape index (κ1) is 55.8. The van der Waals surface area contributed by atoms with Crippen LogP contribution in [0.1, 0.15) is 70.7 Å². The number of carbonyl (C=O) groups is 8. The van der Waals surface area contributed by atoms with E-state index in [1.165, 1.54) is 0 Å². The van der Waals surface area contributed by atoms with E-state index in [1.807, 2.05) is 48.5 Å². The molecular formula is C52H64N6O13. The molecule has 4 aromatic rings. The lowest BCUT2D eigenvalue weighted by molar-refractivity contribution is -0.153. The van der Waals surface area contributed by atoms with Crippen molar-refractivity contribution in [3.8, 4) is 0 Å². The number of hydrogen-bond acceptors (Lipinski definition) is 13. The van der Waals surface area contributed by atoms with E-state index in [1.54, 1.807) is 121 Å². The molecule has 2 fully saturated rings. The number of benzene rings is 4. The van der Waals surface area contributed by atoms with Crippen LogP contribution in [0.4, 0.5) is 19.2 Å². The van der Waals surface area contributed by atoms with Crippen molar-refractivity contribution in [3.63, 3.8) is 0 Å². The molecule has 0 unspecified atom stereocenters. The van der Waals surface area contributed by atoms with Crippen molar-refractivity contribution in [2.45, 2.75) is 110 Å². The van der Waals surface area contributed by atoms with Gasteiger partial charge in [-0.15, -0.1) is 0 Å². The van der Waals surface area contributed by atoms with Crippen molar-refractivity contribution in [1.29, 1.82) is 0 Å². The van der Waals surface area contributed by atoms with Crippen molar-refractivity contribution >= 4 is 48.0 Å². The Morgan fingerprint density at radius 2 is 0.831 bits per heavy atom. The van der Waals surface area contributed by atoms with Crippen LogP contribution in [0, 0.1) is 0 Å². The summed E-state index contributed by atoms with van der Waals surface area (Å²) in [6.07, 6.45) is -1.39. The highest BCUT2D eigenvalue weighted by Crippen LogP contribution is 2.19. The van der Waals surface area contributed by atoms with E-state index in [0.717, 1.165) is 32.1 Å². The molecule has 19 nitrogen and oxygen atoms in total. The second-order valence-electron chi connectivity index (χ2n) is 18.1. The van der Waals surface area contributed by atoms with Crippen molar-refractivity contribution in [1.82, 2.24) is 31.1 Å². The second kappa shape index (κ2) is 26.8. The van der Waals surface area contributed by atoms with E-state index >= 15 is 0 Å². The van der Waals surface area contributed by atoms with Gasteiger partial charge >= 0.3 is 36.2 Å². The number of imide groups is 2. The third kappa shape index (κ3) is 18.6. The smallest absolute Gasteiger partial charge is 0.408 e. The molecule has 8 amide bonds. The highest BCUT2D eigenvalue weighted by atomic mass is 16.6. The van der Waals surface area contributed by atoms with Gasteiger partial charge in [-0.05, 0) is 70.7 Å². The number of alkyl carbamates (subject to hydrolysis) is 2. The van der Waals surface area contributed by atoms with E-state index < -0.39 is 83.4 Å². The summed E-state index contributed by atoms with van der Waals surface area (Å²) in [4.78, 5) is 104. The van der Waals surface area contributed by atoms with Gasteiger partial charge in [-0.3, -0.25) is 9.59 Å². The Bertz CT molecular complexity index is 2230. The largest absolute Gasteiger partial charge is 0.459 e. The third-order valence-corrected chi connectivity index (χ3v) is 9.96. The number of nitrogens with zero attached hydrogens (tertiary/aromatic N) is 2. The molecule has 2 saturated heterocycles. The van der Waals surface area contributed by atoms with Gasteiger partial charge in [0.25, 0.3) is 11.8 Å². The Morgan fingerprint density at radius 3 is 1.11 bits per heavy atom. The third-order valence-electron chi connectivity index (χ3n) is 9.96. The van der Waals surface area contributed by atoms with E-state index in [2.05, 4.69) is 21.3 Å². The molecule has 0 spiro atoms. The molecule has 19 heteroatoms. The van der Waals surface area contributed by atoms with Gasteiger partial charge in [0.15, 0.2) is 12.1 Å². The molecule has 2 aliphatic heterocycles. The Kier molecular flexibility index (Phi) is 21.1. The number of nitrogens with one attached hydrogen (secondary N) is 4. The maximum Gasteiger partial charge on any atom is 0.408 e. The minimum Gasteiger partial charge on any atom is -0.459 e. The maximum atomic E-state index is 13.4. The summed E-state index contributed by atoms with van der Waals surface area (Å²) in [5, 5.41) is 17.7. The normalized spacial score (nSPS) is 15.9. The minimum atomic E-state index is -1.15. The number of ether oxygens (including phenoxy) is 4. The van der Waals surface area contributed by atoms with Crippen molar-refractivity contribution in [2.75, 3.05) is 19.7 Å². The molecule has 0 radical (unpaired) electrons.